The van der Waals surface area contributed by atoms with Crippen molar-refractivity contribution in [3.05, 3.63) is 11.9 Å². The molecule has 0 amide bonds. The van der Waals surface area contributed by atoms with Crippen LogP contribution in [-0.4, -0.2) is 46.0 Å². The van der Waals surface area contributed by atoms with Crippen molar-refractivity contribution in [2.45, 2.75) is 38.9 Å². The topological polar surface area (TPSA) is 72.2 Å². The summed E-state index contributed by atoms with van der Waals surface area (Å²) in [6.07, 6.45) is 2.59. The predicted octanol–water partition coefficient (Wildman–Crippen LogP) is 0.175. The summed E-state index contributed by atoms with van der Waals surface area (Å²) in [5.41, 5.74) is 0.816. The summed E-state index contributed by atoms with van der Waals surface area (Å²) < 4.78 is 6.87. The number of nitrogens with zero attached hydrogens (tertiary/aromatic N) is 3. The van der Waals surface area contributed by atoms with E-state index in [-0.39, 0.29) is 12.1 Å². The van der Waals surface area contributed by atoms with Crippen molar-refractivity contribution in [2.75, 3.05) is 20.3 Å². The lowest BCUT2D eigenvalue weighted by molar-refractivity contribution is 0.127. The van der Waals surface area contributed by atoms with Gasteiger partial charge in [0, 0.05) is 38.5 Å². The normalized spacial score (nSPS) is 12.0. The third kappa shape index (κ3) is 5.25. The van der Waals surface area contributed by atoms with Crippen molar-refractivity contribution in [1.82, 2.24) is 20.3 Å². The molecule has 0 atom stereocenters. The summed E-state index contributed by atoms with van der Waals surface area (Å²) in [6, 6.07) is 0. The molecule has 0 saturated heterocycles. The molecule has 2 N–H and O–H groups in total. The number of aliphatic hydroxyl groups is 1. The number of methoxy groups -OCH3 is 1. The minimum absolute atomic E-state index is 0.0797. The smallest absolute Gasteiger partial charge is 0.0965 e. The zero-order chi connectivity index (χ0) is 12.7. The van der Waals surface area contributed by atoms with Gasteiger partial charge in [-0.1, -0.05) is 5.21 Å². The first-order chi connectivity index (χ1) is 8.07. The van der Waals surface area contributed by atoms with Crippen LogP contribution >= 0.6 is 0 Å². The monoisotopic (exact) mass is 242 g/mol. The largest absolute Gasteiger partial charge is 0.396 e. The average molecular weight is 242 g/mol. The van der Waals surface area contributed by atoms with E-state index in [0.717, 1.165) is 5.69 Å². The Morgan fingerprint density at radius 3 is 2.94 bits per heavy atom. The molecule has 0 unspecified atom stereocenters. The van der Waals surface area contributed by atoms with Crippen molar-refractivity contribution in [3.8, 4) is 0 Å². The van der Waals surface area contributed by atoms with Crippen LogP contribution in [0.4, 0.5) is 0 Å². The Morgan fingerprint density at radius 1 is 1.53 bits per heavy atom. The molecular weight excluding hydrogens is 220 g/mol. The fourth-order valence-electron chi connectivity index (χ4n) is 1.50. The molecular formula is C11H22N4O2. The van der Waals surface area contributed by atoms with Crippen molar-refractivity contribution >= 4 is 0 Å². The van der Waals surface area contributed by atoms with Gasteiger partial charge in [0.05, 0.1) is 12.3 Å². The summed E-state index contributed by atoms with van der Waals surface area (Å²) in [4.78, 5) is 0. The standard InChI is InChI=1S/C11H22N4O2/c1-11(2,9-17-3)12-7-10-8-15(14-13-10)5-4-6-16/h8,12,16H,4-7,9H2,1-3H3. The second-order valence-electron chi connectivity index (χ2n) is 4.72. The maximum Gasteiger partial charge on any atom is 0.0965 e. The molecule has 98 valence electrons. The molecule has 0 fully saturated rings. The van der Waals surface area contributed by atoms with Crippen LogP contribution in [0.15, 0.2) is 6.20 Å². The van der Waals surface area contributed by atoms with E-state index in [1.54, 1.807) is 11.8 Å². The Balaban J connectivity index is 2.38. The lowest BCUT2D eigenvalue weighted by Gasteiger charge is -2.24. The van der Waals surface area contributed by atoms with Crippen LogP contribution in [-0.2, 0) is 17.8 Å². The predicted molar refractivity (Wildman–Crippen MR) is 64.5 cm³/mol. The first-order valence-corrected chi connectivity index (χ1v) is 5.81. The maximum atomic E-state index is 8.72. The fraction of sp³-hybridized carbons (Fsp3) is 0.818. The van der Waals surface area contributed by atoms with E-state index < -0.39 is 0 Å². The summed E-state index contributed by atoms with van der Waals surface area (Å²) in [7, 11) is 1.69. The molecule has 0 radical (unpaired) electrons. The second kappa shape index (κ2) is 6.68. The summed E-state index contributed by atoms with van der Waals surface area (Å²) in [5.74, 6) is 0. The number of ether oxygens (including phenoxy) is 1. The molecule has 0 aromatic carbocycles. The van der Waals surface area contributed by atoms with Gasteiger partial charge in [0.1, 0.15) is 0 Å². The van der Waals surface area contributed by atoms with E-state index in [2.05, 4.69) is 29.5 Å². The molecule has 0 aliphatic rings. The molecule has 1 rings (SSSR count). The molecule has 1 heterocycles. The Hall–Kier alpha value is -0.980. The lowest BCUT2D eigenvalue weighted by Crippen LogP contribution is -2.42. The molecule has 17 heavy (non-hydrogen) atoms. The van der Waals surface area contributed by atoms with Crippen LogP contribution in [0.5, 0.6) is 0 Å². The Labute approximate surface area is 102 Å². The highest BCUT2D eigenvalue weighted by Crippen LogP contribution is 2.04. The first-order valence-electron chi connectivity index (χ1n) is 5.81. The zero-order valence-corrected chi connectivity index (χ0v) is 10.8. The molecule has 6 nitrogen and oxygen atoms in total. The van der Waals surface area contributed by atoms with Gasteiger partial charge in [-0.2, -0.15) is 0 Å². The molecule has 6 heteroatoms. The van der Waals surface area contributed by atoms with Crippen molar-refractivity contribution in [1.29, 1.82) is 0 Å². The van der Waals surface area contributed by atoms with Gasteiger partial charge < -0.3 is 15.2 Å². The average Bonchev–Trinajstić information content (AvgIpc) is 2.72. The van der Waals surface area contributed by atoms with Gasteiger partial charge in [0.2, 0.25) is 0 Å². The number of hydrogen-bond donors (Lipinski definition) is 2. The quantitative estimate of drug-likeness (QED) is 0.680. The molecule has 0 spiro atoms. The van der Waals surface area contributed by atoms with Gasteiger partial charge >= 0.3 is 0 Å². The number of nitrogens with one attached hydrogen (secondary N) is 1. The van der Waals surface area contributed by atoms with Gasteiger partial charge in [0.25, 0.3) is 0 Å². The van der Waals surface area contributed by atoms with E-state index in [4.69, 9.17) is 9.84 Å². The number of aromatic nitrogens is 3. The molecule has 0 aliphatic carbocycles. The van der Waals surface area contributed by atoms with E-state index in [9.17, 15) is 0 Å². The van der Waals surface area contributed by atoms with E-state index >= 15 is 0 Å². The van der Waals surface area contributed by atoms with Crippen LogP contribution in [0.3, 0.4) is 0 Å². The maximum absolute atomic E-state index is 8.72. The molecule has 0 saturated carbocycles. The minimum atomic E-state index is -0.0797. The van der Waals surface area contributed by atoms with Crippen molar-refractivity contribution in [3.63, 3.8) is 0 Å². The molecule has 1 aromatic rings. The van der Waals surface area contributed by atoms with Gasteiger partial charge in [-0.05, 0) is 20.3 Å². The summed E-state index contributed by atoms with van der Waals surface area (Å²) in [5, 5.41) is 20.1. The third-order valence-corrected chi connectivity index (χ3v) is 2.38. The van der Waals surface area contributed by atoms with Crippen molar-refractivity contribution in [2.24, 2.45) is 0 Å². The van der Waals surface area contributed by atoms with E-state index in [1.165, 1.54) is 0 Å². The van der Waals surface area contributed by atoms with Crippen molar-refractivity contribution < 1.29 is 9.84 Å². The van der Waals surface area contributed by atoms with Crippen LogP contribution in [0, 0.1) is 0 Å². The third-order valence-electron chi connectivity index (χ3n) is 2.38. The second-order valence-corrected chi connectivity index (χ2v) is 4.72. The van der Waals surface area contributed by atoms with Gasteiger partial charge in [-0.25, -0.2) is 0 Å². The highest BCUT2D eigenvalue weighted by molar-refractivity contribution is 4.93. The van der Waals surface area contributed by atoms with Gasteiger partial charge in [-0.15, -0.1) is 5.10 Å². The zero-order valence-electron chi connectivity index (χ0n) is 10.8. The highest BCUT2D eigenvalue weighted by Gasteiger charge is 2.16. The number of aryl methyl sites for hydroxylation is 1. The Bertz CT molecular complexity index is 325. The minimum Gasteiger partial charge on any atom is -0.396 e. The van der Waals surface area contributed by atoms with E-state index in [1.807, 2.05) is 6.20 Å². The Kier molecular flexibility index (Phi) is 5.54. The lowest BCUT2D eigenvalue weighted by atomic mass is 10.1. The van der Waals surface area contributed by atoms with Gasteiger partial charge in [-0.3, -0.25) is 4.68 Å². The number of hydrogen-bond acceptors (Lipinski definition) is 5. The van der Waals surface area contributed by atoms with Crippen LogP contribution in [0.2, 0.25) is 0 Å². The molecule has 0 bridgehead atoms. The Morgan fingerprint density at radius 2 is 2.29 bits per heavy atom. The molecule has 0 aliphatic heterocycles. The van der Waals surface area contributed by atoms with Crippen LogP contribution < -0.4 is 5.32 Å². The summed E-state index contributed by atoms with van der Waals surface area (Å²) >= 11 is 0. The summed E-state index contributed by atoms with van der Waals surface area (Å²) in [6.45, 7) is 6.33. The molecule has 1 aromatic heterocycles. The number of aliphatic hydroxyl groups excluding tert-OH is 1. The van der Waals surface area contributed by atoms with Crippen LogP contribution in [0.1, 0.15) is 26.0 Å². The fourth-order valence-corrected chi connectivity index (χ4v) is 1.50. The highest BCUT2D eigenvalue weighted by atomic mass is 16.5. The van der Waals surface area contributed by atoms with Gasteiger partial charge in [0.15, 0.2) is 0 Å². The van der Waals surface area contributed by atoms with E-state index in [0.29, 0.717) is 26.1 Å². The van der Waals surface area contributed by atoms with Crippen LogP contribution in [0.25, 0.3) is 0 Å². The SMILES string of the molecule is COCC(C)(C)NCc1cn(CCCO)nn1. The number of rotatable bonds is 8. The first kappa shape index (κ1) is 14.1.